The van der Waals surface area contributed by atoms with Crippen LogP contribution in [0.15, 0.2) is 54.9 Å². The maximum atomic E-state index is 13.6. The molecule has 2 aromatic carbocycles. The third-order valence-electron chi connectivity index (χ3n) is 9.81. The summed E-state index contributed by atoms with van der Waals surface area (Å²) in [4.78, 5) is 23.7. The number of rotatable bonds is 12. The van der Waals surface area contributed by atoms with Gasteiger partial charge in [0.15, 0.2) is 17.3 Å². The Morgan fingerprint density at radius 1 is 1.00 bits per heavy atom. The third-order valence-corrected chi connectivity index (χ3v) is 10.1. The van der Waals surface area contributed by atoms with Gasteiger partial charge in [-0.3, -0.25) is 19.6 Å². The second-order valence-corrected chi connectivity index (χ2v) is 14.0. The monoisotopic (exact) mass is 705 g/mol. The van der Waals surface area contributed by atoms with E-state index in [1.54, 1.807) is 19.5 Å². The van der Waals surface area contributed by atoms with Crippen molar-refractivity contribution in [2.24, 2.45) is 5.41 Å². The number of hydrogen-bond donors (Lipinski definition) is 1. The Kier molecular flexibility index (Phi) is 11.3. The fourth-order valence-corrected chi connectivity index (χ4v) is 6.65. The normalized spacial score (nSPS) is 16.7. The SMILES string of the molecule is COc1cc2c(Cc3ccncc3)nnc(N3CCN(CC(=O)Nc4ccc(F)c(Cl)c4)CC3)c2cc1OCC(C)(C)C(C)N1CCOCC1. The first-order chi connectivity index (χ1) is 24.1. The van der Waals surface area contributed by atoms with Crippen LogP contribution in [0.2, 0.25) is 5.02 Å². The summed E-state index contributed by atoms with van der Waals surface area (Å²) in [6.45, 7) is 13.3. The molecule has 1 N–H and O–H groups in total. The number of nitrogens with one attached hydrogen (secondary N) is 1. The van der Waals surface area contributed by atoms with E-state index in [2.05, 4.69) is 45.8 Å². The van der Waals surface area contributed by atoms with Crippen LogP contribution in [0.3, 0.4) is 0 Å². The van der Waals surface area contributed by atoms with E-state index in [0.29, 0.717) is 56.4 Å². The summed E-state index contributed by atoms with van der Waals surface area (Å²) in [6.07, 6.45) is 4.14. The van der Waals surface area contributed by atoms with Crippen molar-refractivity contribution in [2.75, 3.05) is 83.0 Å². The van der Waals surface area contributed by atoms with Crippen molar-refractivity contribution in [2.45, 2.75) is 33.2 Å². The molecule has 11 nitrogen and oxygen atoms in total. The molecule has 1 atom stereocenters. The van der Waals surface area contributed by atoms with Crippen molar-refractivity contribution >= 4 is 39.8 Å². The predicted molar refractivity (Wildman–Crippen MR) is 193 cm³/mol. The zero-order chi connectivity index (χ0) is 35.3. The van der Waals surface area contributed by atoms with Crippen LogP contribution < -0.4 is 19.7 Å². The standard InChI is InChI=1S/C37H45ClFN7O4/c1-25(45-15-17-49-18-16-45)37(2,3)24-50-34-22-29-28(21-33(34)48-4)32(19-26-7-9-40-10-8-26)42-43-36(29)46-13-11-44(12-14-46)23-35(47)41-27-5-6-31(39)30(38)20-27/h5-10,20-22,25H,11-19,23-24H2,1-4H3,(H,41,47). The number of aromatic nitrogens is 3. The molecule has 1 amide bonds. The molecule has 6 rings (SSSR count). The number of ether oxygens (including phenoxy) is 3. The van der Waals surface area contributed by atoms with Gasteiger partial charge in [-0.25, -0.2) is 4.39 Å². The minimum Gasteiger partial charge on any atom is -0.493 e. The fourth-order valence-electron chi connectivity index (χ4n) is 6.47. The van der Waals surface area contributed by atoms with Gasteiger partial charge in [-0.15, -0.1) is 5.10 Å². The number of halogens is 2. The van der Waals surface area contributed by atoms with Crippen LogP contribution >= 0.6 is 11.6 Å². The Bertz CT molecular complexity index is 1780. The quantitative estimate of drug-likeness (QED) is 0.209. The molecule has 1 unspecified atom stereocenters. The smallest absolute Gasteiger partial charge is 0.238 e. The van der Waals surface area contributed by atoms with Gasteiger partial charge in [0, 0.05) is 86.0 Å². The van der Waals surface area contributed by atoms with E-state index in [1.807, 2.05) is 24.3 Å². The first kappa shape index (κ1) is 35.7. The van der Waals surface area contributed by atoms with E-state index >= 15 is 0 Å². The lowest BCUT2D eigenvalue weighted by Gasteiger charge is -2.41. The summed E-state index contributed by atoms with van der Waals surface area (Å²) >= 11 is 5.88. The molecule has 0 spiro atoms. The summed E-state index contributed by atoms with van der Waals surface area (Å²) < 4.78 is 31.6. The van der Waals surface area contributed by atoms with Gasteiger partial charge in [0.2, 0.25) is 5.91 Å². The molecule has 0 saturated carbocycles. The van der Waals surface area contributed by atoms with Gasteiger partial charge in [-0.2, -0.15) is 5.10 Å². The Morgan fingerprint density at radius 2 is 1.72 bits per heavy atom. The zero-order valence-electron chi connectivity index (χ0n) is 29.1. The first-order valence-corrected chi connectivity index (χ1v) is 17.4. The van der Waals surface area contributed by atoms with Gasteiger partial charge in [0.05, 0.1) is 44.2 Å². The Hall–Kier alpha value is -4.10. The summed E-state index contributed by atoms with van der Waals surface area (Å²) in [5, 5.41) is 14.2. The topological polar surface area (TPSA) is 105 Å². The van der Waals surface area contributed by atoms with Crippen molar-refractivity contribution in [3.8, 4) is 11.5 Å². The van der Waals surface area contributed by atoms with Gasteiger partial charge in [-0.05, 0) is 55.0 Å². The highest BCUT2D eigenvalue weighted by molar-refractivity contribution is 6.31. The van der Waals surface area contributed by atoms with Crippen LogP contribution in [0.1, 0.15) is 32.0 Å². The highest BCUT2D eigenvalue weighted by Gasteiger charge is 2.33. The predicted octanol–water partition coefficient (Wildman–Crippen LogP) is 5.30. The lowest BCUT2D eigenvalue weighted by molar-refractivity contribution is -0.117. The van der Waals surface area contributed by atoms with Crippen molar-refractivity contribution in [3.05, 3.63) is 77.0 Å². The fraction of sp³-hybridized carbons (Fsp3) is 0.459. The molecule has 13 heteroatoms. The molecule has 4 heterocycles. The molecular formula is C37H45ClFN7O4. The maximum absolute atomic E-state index is 13.6. The molecule has 0 radical (unpaired) electrons. The van der Waals surface area contributed by atoms with Crippen LogP contribution in [-0.4, -0.2) is 110 Å². The average molecular weight is 706 g/mol. The number of nitrogens with zero attached hydrogens (tertiary/aromatic N) is 6. The number of pyridine rings is 1. The molecule has 2 aromatic heterocycles. The number of anilines is 2. The molecule has 0 aliphatic carbocycles. The largest absolute Gasteiger partial charge is 0.493 e. The van der Waals surface area contributed by atoms with Crippen LogP contribution in [0.5, 0.6) is 11.5 Å². The van der Waals surface area contributed by atoms with E-state index in [-0.39, 0.29) is 28.9 Å². The van der Waals surface area contributed by atoms with Gasteiger partial charge in [0.25, 0.3) is 0 Å². The number of carbonyl (C=O) groups excluding carboxylic acids is 1. The third kappa shape index (κ3) is 8.43. The van der Waals surface area contributed by atoms with Crippen molar-refractivity contribution < 1.29 is 23.4 Å². The molecule has 4 aromatic rings. The van der Waals surface area contributed by atoms with Crippen LogP contribution in [0.4, 0.5) is 15.9 Å². The van der Waals surface area contributed by atoms with Crippen LogP contribution in [0, 0.1) is 11.2 Å². The van der Waals surface area contributed by atoms with E-state index in [0.717, 1.165) is 54.2 Å². The minimum atomic E-state index is -0.527. The van der Waals surface area contributed by atoms with Crippen molar-refractivity contribution in [3.63, 3.8) is 0 Å². The van der Waals surface area contributed by atoms with Gasteiger partial charge in [0.1, 0.15) is 5.82 Å². The summed E-state index contributed by atoms with van der Waals surface area (Å²) in [5.41, 5.74) is 2.23. The number of morpholine rings is 1. The van der Waals surface area contributed by atoms with Crippen LogP contribution in [-0.2, 0) is 16.0 Å². The average Bonchev–Trinajstić information content (AvgIpc) is 3.13. The number of carbonyl (C=O) groups is 1. The van der Waals surface area contributed by atoms with E-state index < -0.39 is 5.82 Å². The number of hydrogen-bond acceptors (Lipinski definition) is 10. The number of fused-ring (bicyclic) bond motifs is 1. The van der Waals surface area contributed by atoms with Gasteiger partial charge < -0.3 is 24.4 Å². The highest BCUT2D eigenvalue weighted by atomic mass is 35.5. The second-order valence-electron chi connectivity index (χ2n) is 13.6. The van der Waals surface area contributed by atoms with E-state index in [4.69, 9.17) is 36.0 Å². The number of amides is 1. The molecule has 2 fully saturated rings. The molecule has 2 aliphatic heterocycles. The molecule has 266 valence electrons. The second kappa shape index (κ2) is 15.8. The highest BCUT2D eigenvalue weighted by Crippen LogP contribution is 2.39. The number of benzene rings is 2. The molecule has 0 bridgehead atoms. The number of piperazine rings is 1. The van der Waals surface area contributed by atoms with Crippen molar-refractivity contribution in [1.82, 2.24) is 25.0 Å². The molecule has 2 aliphatic rings. The summed E-state index contributed by atoms with van der Waals surface area (Å²) in [5.74, 6) is 1.34. The summed E-state index contributed by atoms with van der Waals surface area (Å²) in [6, 6.07) is 12.5. The van der Waals surface area contributed by atoms with Crippen molar-refractivity contribution in [1.29, 1.82) is 0 Å². The first-order valence-electron chi connectivity index (χ1n) is 17.0. The molecule has 50 heavy (non-hydrogen) atoms. The Labute approximate surface area is 297 Å². The molecular weight excluding hydrogens is 661 g/mol. The van der Waals surface area contributed by atoms with E-state index in [9.17, 15) is 9.18 Å². The number of methoxy groups -OCH3 is 1. The van der Waals surface area contributed by atoms with Gasteiger partial charge >= 0.3 is 0 Å². The molecule has 2 saturated heterocycles. The summed E-state index contributed by atoms with van der Waals surface area (Å²) in [7, 11) is 1.66. The maximum Gasteiger partial charge on any atom is 0.238 e. The van der Waals surface area contributed by atoms with Gasteiger partial charge in [-0.1, -0.05) is 25.4 Å². The van der Waals surface area contributed by atoms with E-state index in [1.165, 1.54) is 18.2 Å². The lowest BCUT2D eigenvalue weighted by Crippen LogP contribution is -2.50. The Morgan fingerprint density at radius 3 is 2.42 bits per heavy atom. The zero-order valence-corrected chi connectivity index (χ0v) is 29.9. The van der Waals surface area contributed by atoms with Crippen LogP contribution in [0.25, 0.3) is 10.8 Å². The lowest BCUT2D eigenvalue weighted by atomic mass is 9.85. The minimum absolute atomic E-state index is 0.0333. The Balaban J connectivity index is 1.22.